The van der Waals surface area contributed by atoms with Crippen molar-refractivity contribution in [1.29, 1.82) is 0 Å². The molecule has 1 fully saturated rings. The van der Waals surface area contributed by atoms with Crippen LogP contribution in [-0.2, 0) is 6.54 Å². The molecule has 0 saturated carbocycles. The second-order valence-corrected chi connectivity index (χ2v) is 7.28. The highest BCUT2D eigenvalue weighted by Crippen LogP contribution is 2.23. The van der Waals surface area contributed by atoms with Gasteiger partial charge in [0.1, 0.15) is 5.01 Å². The van der Waals surface area contributed by atoms with Crippen LogP contribution in [0.15, 0.2) is 36.5 Å². The Hall–Kier alpha value is -2.18. The molecule has 0 bridgehead atoms. The van der Waals surface area contributed by atoms with Crippen molar-refractivity contribution in [2.24, 2.45) is 0 Å². The van der Waals surface area contributed by atoms with Crippen LogP contribution >= 0.6 is 11.3 Å². The summed E-state index contributed by atoms with van der Waals surface area (Å²) >= 11 is 1.76. The molecule has 0 radical (unpaired) electrons. The van der Waals surface area contributed by atoms with E-state index in [9.17, 15) is 4.79 Å². The number of piperazine rings is 1. The molecule has 4 rings (SSSR count). The number of amides is 1. The molecule has 0 aliphatic carbocycles. The van der Waals surface area contributed by atoms with E-state index in [0.717, 1.165) is 54.5 Å². The molecule has 0 unspecified atom stereocenters. The molecule has 5 nitrogen and oxygen atoms in total. The lowest BCUT2D eigenvalue weighted by Crippen LogP contribution is -2.48. The van der Waals surface area contributed by atoms with Crippen molar-refractivity contribution in [2.45, 2.75) is 13.5 Å². The summed E-state index contributed by atoms with van der Waals surface area (Å²) in [5.41, 5.74) is 2.81. The van der Waals surface area contributed by atoms with Crippen LogP contribution in [0.25, 0.3) is 10.2 Å². The maximum Gasteiger partial charge on any atom is 0.255 e. The van der Waals surface area contributed by atoms with E-state index in [1.54, 1.807) is 11.3 Å². The molecule has 3 heterocycles. The molecule has 1 amide bonds. The molecule has 1 aromatic carbocycles. The lowest BCUT2D eigenvalue weighted by molar-refractivity contribution is 0.0628. The van der Waals surface area contributed by atoms with Gasteiger partial charge in [-0.1, -0.05) is 12.1 Å². The zero-order valence-corrected chi connectivity index (χ0v) is 14.5. The van der Waals surface area contributed by atoms with Gasteiger partial charge in [-0.05, 0) is 25.1 Å². The van der Waals surface area contributed by atoms with Crippen LogP contribution in [0.5, 0.6) is 0 Å². The quantitative estimate of drug-likeness (QED) is 0.798. The number of rotatable bonds is 3. The largest absolute Gasteiger partial charge is 0.365 e. The Balaban J connectivity index is 1.37. The van der Waals surface area contributed by atoms with E-state index >= 15 is 0 Å². The number of fused-ring (bicyclic) bond motifs is 1. The molecule has 3 aromatic rings. The van der Waals surface area contributed by atoms with Crippen LogP contribution in [0.1, 0.15) is 21.1 Å². The number of aromatic nitrogens is 2. The summed E-state index contributed by atoms with van der Waals surface area (Å²) in [5, 5.41) is 1.15. The minimum absolute atomic E-state index is 0.133. The Bertz CT molecular complexity index is 828. The third kappa shape index (κ3) is 2.95. The summed E-state index contributed by atoms with van der Waals surface area (Å²) < 4.78 is 1.24. The molecule has 124 valence electrons. The summed E-state index contributed by atoms with van der Waals surface area (Å²) in [4.78, 5) is 24.7. The van der Waals surface area contributed by atoms with Gasteiger partial charge in [-0.25, -0.2) is 4.98 Å². The minimum Gasteiger partial charge on any atom is -0.365 e. The van der Waals surface area contributed by atoms with Gasteiger partial charge in [0, 0.05) is 38.1 Å². The molecule has 0 atom stereocenters. The standard InChI is InChI=1S/C18H20N4OS/c1-13-14(6-7-19-13)18(23)22-10-8-21(9-11-22)12-17-20-15-4-2-3-5-16(15)24-17/h2-7,19H,8-12H2,1H3. The van der Waals surface area contributed by atoms with Gasteiger partial charge in [-0.2, -0.15) is 0 Å². The Morgan fingerprint density at radius 3 is 2.71 bits per heavy atom. The van der Waals surface area contributed by atoms with Gasteiger partial charge in [-0.3, -0.25) is 9.69 Å². The van der Waals surface area contributed by atoms with Crippen LogP contribution in [0, 0.1) is 6.92 Å². The molecule has 6 heteroatoms. The number of H-pyrrole nitrogens is 1. The Kier molecular flexibility index (Phi) is 4.08. The van der Waals surface area contributed by atoms with Gasteiger partial charge in [-0.15, -0.1) is 11.3 Å². The van der Waals surface area contributed by atoms with E-state index in [2.05, 4.69) is 28.1 Å². The van der Waals surface area contributed by atoms with Gasteiger partial charge in [0.2, 0.25) is 0 Å². The van der Waals surface area contributed by atoms with Crippen molar-refractivity contribution in [1.82, 2.24) is 19.8 Å². The third-order valence-corrected chi connectivity index (χ3v) is 5.56. The topological polar surface area (TPSA) is 52.2 Å². The third-order valence-electron chi connectivity index (χ3n) is 4.54. The maximum atomic E-state index is 12.5. The first-order valence-corrected chi connectivity index (χ1v) is 9.02. The van der Waals surface area contributed by atoms with Crippen molar-refractivity contribution >= 4 is 27.5 Å². The Morgan fingerprint density at radius 2 is 2.00 bits per heavy atom. The number of aromatic amines is 1. The number of hydrogen-bond donors (Lipinski definition) is 1. The summed E-state index contributed by atoms with van der Waals surface area (Å²) in [7, 11) is 0. The maximum absolute atomic E-state index is 12.5. The lowest BCUT2D eigenvalue weighted by Gasteiger charge is -2.34. The first kappa shape index (κ1) is 15.4. The van der Waals surface area contributed by atoms with Crippen LogP contribution < -0.4 is 0 Å². The number of hydrogen-bond acceptors (Lipinski definition) is 4. The van der Waals surface area contributed by atoms with Gasteiger partial charge in [0.25, 0.3) is 5.91 Å². The van der Waals surface area contributed by atoms with Crippen LogP contribution in [-0.4, -0.2) is 51.9 Å². The van der Waals surface area contributed by atoms with E-state index in [1.165, 1.54) is 4.70 Å². The fourth-order valence-corrected chi connectivity index (χ4v) is 4.15. The number of carbonyl (C=O) groups excluding carboxylic acids is 1. The number of nitrogens with one attached hydrogen (secondary N) is 1. The number of aryl methyl sites for hydroxylation is 1. The van der Waals surface area contributed by atoms with Crippen LogP contribution in [0.3, 0.4) is 0 Å². The predicted molar refractivity (Wildman–Crippen MR) is 96.3 cm³/mol. The zero-order chi connectivity index (χ0) is 16.5. The first-order chi connectivity index (χ1) is 11.7. The fourth-order valence-electron chi connectivity index (χ4n) is 3.14. The Labute approximate surface area is 144 Å². The van der Waals surface area contributed by atoms with E-state index < -0.39 is 0 Å². The Morgan fingerprint density at radius 1 is 1.21 bits per heavy atom. The molecule has 1 saturated heterocycles. The average molecular weight is 340 g/mol. The lowest BCUT2D eigenvalue weighted by atomic mass is 10.2. The molecular formula is C18H20N4OS. The van der Waals surface area contributed by atoms with Crippen LogP contribution in [0.4, 0.5) is 0 Å². The minimum atomic E-state index is 0.133. The van der Waals surface area contributed by atoms with Crippen LogP contribution in [0.2, 0.25) is 0 Å². The van der Waals surface area contributed by atoms with Gasteiger partial charge in [0.15, 0.2) is 0 Å². The molecule has 1 N–H and O–H groups in total. The van der Waals surface area contributed by atoms with Crippen molar-refractivity contribution in [3.8, 4) is 0 Å². The highest BCUT2D eigenvalue weighted by Gasteiger charge is 2.24. The van der Waals surface area contributed by atoms with Crippen molar-refractivity contribution in [2.75, 3.05) is 26.2 Å². The van der Waals surface area contributed by atoms with E-state index in [1.807, 2.05) is 30.2 Å². The molecule has 2 aromatic heterocycles. The summed E-state index contributed by atoms with van der Waals surface area (Å²) in [6.07, 6.45) is 1.83. The van der Waals surface area contributed by atoms with Crippen molar-refractivity contribution in [3.05, 3.63) is 52.8 Å². The monoisotopic (exact) mass is 340 g/mol. The van der Waals surface area contributed by atoms with Gasteiger partial charge in [0.05, 0.1) is 22.3 Å². The average Bonchev–Trinajstić information content (AvgIpc) is 3.20. The molecule has 0 spiro atoms. The van der Waals surface area contributed by atoms with Crippen molar-refractivity contribution < 1.29 is 4.79 Å². The highest BCUT2D eigenvalue weighted by atomic mass is 32.1. The highest BCUT2D eigenvalue weighted by molar-refractivity contribution is 7.18. The number of nitrogens with zero attached hydrogens (tertiary/aromatic N) is 3. The SMILES string of the molecule is Cc1[nH]ccc1C(=O)N1CCN(Cc2nc3ccccc3s2)CC1. The van der Waals surface area contributed by atoms with E-state index in [0.29, 0.717) is 0 Å². The number of carbonyl (C=O) groups is 1. The zero-order valence-electron chi connectivity index (χ0n) is 13.7. The van der Waals surface area contributed by atoms with Crippen molar-refractivity contribution in [3.63, 3.8) is 0 Å². The smallest absolute Gasteiger partial charge is 0.255 e. The summed E-state index contributed by atoms with van der Waals surface area (Å²) in [6.45, 7) is 6.14. The van der Waals surface area contributed by atoms with E-state index in [4.69, 9.17) is 4.98 Å². The number of thiazole rings is 1. The second kappa shape index (κ2) is 6.37. The molecule has 24 heavy (non-hydrogen) atoms. The second-order valence-electron chi connectivity index (χ2n) is 6.16. The molecular weight excluding hydrogens is 320 g/mol. The first-order valence-electron chi connectivity index (χ1n) is 8.21. The molecule has 1 aliphatic rings. The van der Waals surface area contributed by atoms with E-state index in [-0.39, 0.29) is 5.91 Å². The predicted octanol–water partition coefficient (Wildman–Crippen LogP) is 2.89. The van der Waals surface area contributed by atoms with Gasteiger partial charge >= 0.3 is 0 Å². The fraction of sp³-hybridized carbons (Fsp3) is 0.333. The summed E-state index contributed by atoms with van der Waals surface area (Å²) in [5.74, 6) is 0.133. The normalized spacial score (nSPS) is 16.0. The number of benzene rings is 1. The summed E-state index contributed by atoms with van der Waals surface area (Å²) in [6, 6.07) is 10.1. The number of para-hydroxylation sites is 1. The van der Waals surface area contributed by atoms with Gasteiger partial charge < -0.3 is 9.88 Å². The molecule has 1 aliphatic heterocycles.